The Morgan fingerprint density at radius 3 is 2.83 bits per heavy atom. The van der Waals surface area contributed by atoms with Gasteiger partial charge in [-0.05, 0) is 33.3 Å². The fraction of sp³-hybridized carbons (Fsp3) is 0.389. The molecule has 0 fully saturated rings. The summed E-state index contributed by atoms with van der Waals surface area (Å²) in [7, 11) is 0. The van der Waals surface area contributed by atoms with E-state index in [1.54, 1.807) is 13.0 Å². The molecule has 0 saturated carbocycles. The highest BCUT2D eigenvalue weighted by Gasteiger charge is 2.33. The molecule has 0 spiro atoms. The van der Waals surface area contributed by atoms with Crippen molar-refractivity contribution in [3.05, 3.63) is 47.9 Å². The minimum absolute atomic E-state index is 0.0285. The summed E-state index contributed by atoms with van der Waals surface area (Å²) < 4.78 is 5.63. The van der Waals surface area contributed by atoms with Gasteiger partial charge in [0.15, 0.2) is 5.78 Å². The Balaban J connectivity index is 2.10. The van der Waals surface area contributed by atoms with Crippen LogP contribution in [0.1, 0.15) is 34.1 Å². The number of nitrogens with one attached hydrogen (secondary N) is 2. The lowest BCUT2D eigenvalue weighted by atomic mass is 9.88. The summed E-state index contributed by atoms with van der Waals surface area (Å²) in [6.45, 7) is 11.5. The predicted molar refractivity (Wildman–Crippen MR) is 96.6 cm³/mol. The number of allylic oxidation sites excluding steroid dienone is 5. The van der Waals surface area contributed by atoms with Gasteiger partial charge in [0.05, 0.1) is 5.54 Å². The topological polar surface area (TPSA) is 75.1 Å². The van der Waals surface area contributed by atoms with Crippen molar-refractivity contribution >= 4 is 17.8 Å². The van der Waals surface area contributed by atoms with Gasteiger partial charge in [0.25, 0.3) is 6.02 Å². The van der Waals surface area contributed by atoms with E-state index in [4.69, 9.17) is 4.74 Å². The lowest BCUT2D eigenvalue weighted by molar-refractivity contribution is -0.114. The summed E-state index contributed by atoms with van der Waals surface area (Å²) in [6, 6.07) is 0.386. The van der Waals surface area contributed by atoms with E-state index in [9.17, 15) is 4.79 Å². The highest BCUT2D eigenvalue weighted by Crippen LogP contribution is 2.28. The SMILES string of the molecule is C=C/C=C\C=C1/CN=C(NC2=NC(C)(C)C(C(C)=O)=C(CC)N2)O1. The van der Waals surface area contributed by atoms with E-state index in [-0.39, 0.29) is 5.78 Å². The molecule has 6 nitrogen and oxygen atoms in total. The molecule has 24 heavy (non-hydrogen) atoms. The summed E-state index contributed by atoms with van der Waals surface area (Å²) in [5.41, 5.74) is 0.975. The predicted octanol–water partition coefficient (Wildman–Crippen LogP) is 2.58. The van der Waals surface area contributed by atoms with Gasteiger partial charge in [0, 0.05) is 11.3 Å². The summed E-state index contributed by atoms with van der Waals surface area (Å²) in [6.07, 6.45) is 7.91. The molecule has 0 aromatic rings. The van der Waals surface area contributed by atoms with E-state index in [1.807, 2.05) is 39.0 Å². The van der Waals surface area contributed by atoms with Gasteiger partial charge in [-0.3, -0.25) is 10.1 Å². The van der Waals surface area contributed by atoms with E-state index in [0.29, 0.717) is 30.5 Å². The van der Waals surface area contributed by atoms with Crippen LogP contribution >= 0.6 is 0 Å². The first-order chi connectivity index (χ1) is 11.4. The average molecular weight is 328 g/mol. The Labute approximate surface area is 142 Å². The van der Waals surface area contributed by atoms with E-state index >= 15 is 0 Å². The number of guanidine groups is 1. The molecule has 2 rings (SSSR count). The third-order valence-corrected chi connectivity index (χ3v) is 3.64. The molecule has 0 unspecified atom stereocenters. The Kier molecular flexibility index (Phi) is 5.39. The van der Waals surface area contributed by atoms with Gasteiger partial charge < -0.3 is 10.1 Å². The van der Waals surface area contributed by atoms with Crippen LogP contribution in [-0.4, -0.2) is 29.8 Å². The standard InChI is InChI=1S/C18H24N4O2/c1-6-8-9-10-13-11-19-17(24-13)21-16-20-14(7-2)15(12(3)23)18(4,5)22-16/h6,8-10H,1,7,11H2,2-5H3,(H2,19,20,21,22)/b9-8-,13-10+. The van der Waals surface area contributed by atoms with Gasteiger partial charge in [-0.25, -0.2) is 9.98 Å². The molecule has 6 heteroatoms. The van der Waals surface area contributed by atoms with Crippen molar-refractivity contribution < 1.29 is 9.53 Å². The molecule has 2 heterocycles. The zero-order valence-corrected chi connectivity index (χ0v) is 14.6. The molecule has 128 valence electrons. The Hall–Kier alpha value is -2.63. The first-order valence-electron chi connectivity index (χ1n) is 7.96. The van der Waals surface area contributed by atoms with E-state index in [0.717, 1.165) is 11.5 Å². The normalized spacial score (nSPS) is 21.2. The second kappa shape index (κ2) is 7.29. The van der Waals surface area contributed by atoms with Gasteiger partial charge in [-0.2, -0.15) is 0 Å². The molecule has 0 radical (unpaired) electrons. The zero-order valence-electron chi connectivity index (χ0n) is 14.6. The van der Waals surface area contributed by atoms with Crippen LogP contribution in [0.4, 0.5) is 0 Å². The van der Waals surface area contributed by atoms with Crippen LogP contribution in [0.2, 0.25) is 0 Å². The van der Waals surface area contributed by atoms with Crippen LogP contribution < -0.4 is 10.6 Å². The fourth-order valence-electron chi connectivity index (χ4n) is 2.74. The minimum atomic E-state index is -0.602. The third kappa shape index (κ3) is 4.01. The summed E-state index contributed by atoms with van der Waals surface area (Å²) in [5, 5.41) is 6.23. The molecule has 0 amide bonds. The quantitative estimate of drug-likeness (QED) is 0.778. The number of amidine groups is 1. The van der Waals surface area contributed by atoms with Gasteiger partial charge in [0.2, 0.25) is 5.96 Å². The lowest BCUT2D eigenvalue weighted by Crippen LogP contribution is -2.48. The fourth-order valence-corrected chi connectivity index (χ4v) is 2.74. The van der Waals surface area contributed by atoms with Crippen molar-refractivity contribution in [2.45, 2.75) is 39.7 Å². The van der Waals surface area contributed by atoms with Crippen LogP contribution in [0, 0.1) is 0 Å². The van der Waals surface area contributed by atoms with Crippen molar-refractivity contribution in [3.63, 3.8) is 0 Å². The number of ketones is 1. The maximum atomic E-state index is 11.9. The smallest absolute Gasteiger partial charge is 0.297 e. The Morgan fingerprint density at radius 1 is 1.46 bits per heavy atom. The van der Waals surface area contributed by atoms with Crippen molar-refractivity contribution in [1.82, 2.24) is 10.6 Å². The number of carbonyl (C=O) groups excluding carboxylic acids is 1. The van der Waals surface area contributed by atoms with Crippen LogP contribution in [0.5, 0.6) is 0 Å². The molecular formula is C18H24N4O2. The number of Topliss-reactive ketones (excluding diaryl/α,β-unsaturated/α-hetero) is 1. The second-order valence-corrected chi connectivity index (χ2v) is 6.01. The highest BCUT2D eigenvalue weighted by molar-refractivity contribution is 6.03. The average Bonchev–Trinajstić information content (AvgIpc) is 2.92. The lowest BCUT2D eigenvalue weighted by Gasteiger charge is -2.31. The van der Waals surface area contributed by atoms with Crippen LogP contribution in [0.15, 0.2) is 57.9 Å². The van der Waals surface area contributed by atoms with Crippen molar-refractivity contribution in [3.8, 4) is 0 Å². The van der Waals surface area contributed by atoms with Crippen molar-refractivity contribution in [2.24, 2.45) is 9.98 Å². The summed E-state index contributed by atoms with van der Waals surface area (Å²) in [4.78, 5) is 20.8. The van der Waals surface area contributed by atoms with Crippen LogP contribution in [-0.2, 0) is 9.53 Å². The molecule has 0 atom stereocenters. The van der Waals surface area contributed by atoms with E-state index in [1.165, 1.54) is 0 Å². The first kappa shape index (κ1) is 17.7. The minimum Gasteiger partial charge on any atom is -0.428 e. The molecule has 0 bridgehead atoms. The number of hydrogen-bond acceptors (Lipinski definition) is 6. The molecule has 0 aromatic carbocycles. The molecule has 2 aliphatic rings. The number of carbonyl (C=O) groups is 1. The molecule has 0 saturated heterocycles. The van der Waals surface area contributed by atoms with Crippen LogP contribution in [0.25, 0.3) is 0 Å². The van der Waals surface area contributed by atoms with Gasteiger partial charge in [-0.15, -0.1) is 0 Å². The number of ether oxygens (including phenoxy) is 1. The van der Waals surface area contributed by atoms with Gasteiger partial charge in [0.1, 0.15) is 12.3 Å². The van der Waals surface area contributed by atoms with E-state index < -0.39 is 5.54 Å². The molecule has 0 aromatic heterocycles. The number of aliphatic imine (C=N–C) groups is 2. The number of nitrogens with zero attached hydrogens (tertiary/aromatic N) is 2. The van der Waals surface area contributed by atoms with Crippen molar-refractivity contribution in [1.29, 1.82) is 0 Å². The first-order valence-corrected chi connectivity index (χ1v) is 7.96. The maximum absolute atomic E-state index is 11.9. The second-order valence-electron chi connectivity index (χ2n) is 6.01. The monoisotopic (exact) mass is 328 g/mol. The number of hydrogen-bond donors (Lipinski definition) is 2. The molecule has 0 aliphatic carbocycles. The zero-order chi connectivity index (χ0) is 17.7. The molecule has 2 N–H and O–H groups in total. The van der Waals surface area contributed by atoms with Crippen LogP contribution in [0.3, 0.4) is 0 Å². The van der Waals surface area contributed by atoms with Crippen molar-refractivity contribution in [2.75, 3.05) is 6.54 Å². The molecule has 2 aliphatic heterocycles. The van der Waals surface area contributed by atoms with E-state index in [2.05, 4.69) is 27.2 Å². The van der Waals surface area contributed by atoms with Gasteiger partial charge >= 0.3 is 0 Å². The maximum Gasteiger partial charge on any atom is 0.297 e. The Bertz CT molecular complexity index is 694. The summed E-state index contributed by atoms with van der Waals surface area (Å²) in [5.74, 6) is 1.30. The molecular weight excluding hydrogens is 304 g/mol. The third-order valence-electron chi connectivity index (χ3n) is 3.64. The highest BCUT2D eigenvalue weighted by atomic mass is 16.5. The number of rotatable bonds is 4. The summed E-state index contributed by atoms with van der Waals surface area (Å²) >= 11 is 0. The Morgan fingerprint density at radius 2 is 2.21 bits per heavy atom. The largest absolute Gasteiger partial charge is 0.428 e. The van der Waals surface area contributed by atoms with Gasteiger partial charge in [-0.1, -0.05) is 31.7 Å².